The van der Waals surface area contributed by atoms with Crippen molar-refractivity contribution in [2.45, 2.75) is 20.3 Å². The molecule has 0 spiro atoms. The minimum absolute atomic E-state index is 0.296. The van der Waals surface area contributed by atoms with Gasteiger partial charge < -0.3 is 15.5 Å². The molecule has 3 N–H and O–H groups in total. The Balaban J connectivity index is 3.17. The SMILES string of the molecule is COC(=O)c1c(C)[nH]c(C)c1CCN. The van der Waals surface area contributed by atoms with E-state index in [1.54, 1.807) is 0 Å². The van der Waals surface area contributed by atoms with Gasteiger partial charge in [-0.15, -0.1) is 0 Å². The van der Waals surface area contributed by atoms with Crippen molar-refractivity contribution in [2.24, 2.45) is 5.73 Å². The van der Waals surface area contributed by atoms with E-state index in [0.29, 0.717) is 18.5 Å². The van der Waals surface area contributed by atoms with Gasteiger partial charge in [-0.2, -0.15) is 0 Å². The van der Waals surface area contributed by atoms with E-state index < -0.39 is 0 Å². The van der Waals surface area contributed by atoms with Crippen LogP contribution >= 0.6 is 0 Å². The van der Waals surface area contributed by atoms with E-state index in [2.05, 4.69) is 4.98 Å². The topological polar surface area (TPSA) is 68.1 Å². The van der Waals surface area contributed by atoms with Gasteiger partial charge in [-0.05, 0) is 32.4 Å². The van der Waals surface area contributed by atoms with Crippen molar-refractivity contribution in [1.29, 1.82) is 0 Å². The number of aromatic nitrogens is 1. The number of esters is 1. The molecular weight excluding hydrogens is 180 g/mol. The molecule has 0 bridgehead atoms. The normalized spacial score (nSPS) is 10.3. The van der Waals surface area contributed by atoms with E-state index in [0.717, 1.165) is 17.0 Å². The summed E-state index contributed by atoms with van der Waals surface area (Å²) in [5, 5.41) is 0. The molecule has 1 heterocycles. The molecule has 0 saturated heterocycles. The number of nitrogens with two attached hydrogens (primary N) is 1. The number of carbonyl (C=O) groups excluding carboxylic acids is 1. The highest BCUT2D eigenvalue weighted by Crippen LogP contribution is 2.19. The molecule has 0 aliphatic rings. The lowest BCUT2D eigenvalue weighted by Gasteiger charge is -2.02. The van der Waals surface area contributed by atoms with Gasteiger partial charge in [0.05, 0.1) is 12.7 Å². The summed E-state index contributed by atoms with van der Waals surface area (Å²) < 4.78 is 4.72. The number of aryl methyl sites for hydroxylation is 2. The van der Waals surface area contributed by atoms with Crippen molar-refractivity contribution in [2.75, 3.05) is 13.7 Å². The van der Waals surface area contributed by atoms with Crippen molar-refractivity contribution in [3.63, 3.8) is 0 Å². The molecule has 78 valence electrons. The van der Waals surface area contributed by atoms with Crippen molar-refractivity contribution < 1.29 is 9.53 Å². The molecule has 1 aromatic heterocycles. The molecule has 1 aromatic rings. The fourth-order valence-electron chi connectivity index (χ4n) is 1.67. The average molecular weight is 196 g/mol. The number of methoxy groups -OCH3 is 1. The van der Waals surface area contributed by atoms with Crippen LogP contribution < -0.4 is 5.73 Å². The second-order valence-corrected chi connectivity index (χ2v) is 3.26. The molecule has 0 aliphatic carbocycles. The van der Waals surface area contributed by atoms with Crippen molar-refractivity contribution in [3.8, 4) is 0 Å². The lowest BCUT2D eigenvalue weighted by atomic mass is 10.1. The van der Waals surface area contributed by atoms with Crippen LogP contribution in [0.1, 0.15) is 27.3 Å². The predicted molar refractivity (Wildman–Crippen MR) is 54.4 cm³/mol. The number of carbonyl (C=O) groups is 1. The van der Waals surface area contributed by atoms with Gasteiger partial charge in [-0.3, -0.25) is 0 Å². The Labute approximate surface area is 83.4 Å². The van der Waals surface area contributed by atoms with Crippen LogP contribution in [0.5, 0.6) is 0 Å². The Morgan fingerprint density at radius 1 is 1.43 bits per heavy atom. The third-order valence-electron chi connectivity index (χ3n) is 2.29. The van der Waals surface area contributed by atoms with Gasteiger partial charge in [0, 0.05) is 11.4 Å². The number of aromatic amines is 1. The molecule has 0 amide bonds. The summed E-state index contributed by atoms with van der Waals surface area (Å²) in [7, 11) is 1.39. The van der Waals surface area contributed by atoms with Gasteiger partial charge in [0.1, 0.15) is 0 Å². The fraction of sp³-hybridized carbons (Fsp3) is 0.500. The maximum Gasteiger partial charge on any atom is 0.339 e. The molecule has 1 rings (SSSR count). The molecule has 0 aliphatic heterocycles. The number of rotatable bonds is 3. The zero-order valence-electron chi connectivity index (χ0n) is 8.81. The van der Waals surface area contributed by atoms with Crippen LogP contribution in [-0.2, 0) is 11.2 Å². The van der Waals surface area contributed by atoms with Crippen molar-refractivity contribution in [1.82, 2.24) is 4.98 Å². The van der Waals surface area contributed by atoms with Crippen molar-refractivity contribution >= 4 is 5.97 Å². The molecule has 0 radical (unpaired) electrons. The van der Waals surface area contributed by atoms with E-state index in [4.69, 9.17) is 10.5 Å². The monoisotopic (exact) mass is 196 g/mol. The van der Waals surface area contributed by atoms with Crippen LogP contribution in [0, 0.1) is 13.8 Å². The van der Waals surface area contributed by atoms with Gasteiger partial charge in [0.15, 0.2) is 0 Å². The molecule has 0 unspecified atom stereocenters. The van der Waals surface area contributed by atoms with Gasteiger partial charge in [0.25, 0.3) is 0 Å². The lowest BCUT2D eigenvalue weighted by molar-refractivity contribution is 0.0599. The van der Waals surface area contributed by atoms with Crippen LogP contribution in [-0.4, -0.2) is 24.6 Å². The molecule has 4 nitrogen and oxygen atoms in total. The highest BCUT2D eigenvalue weighted by molar-refractivity contribution is 5.92. The number of nitrogens with one attached hydrogen (secondary N) is 1. The average Bonchev–Trinajstić information content (AvgIpc) is 2.42. The first-order valence-electron chi connectivity index (χ1n) is 4.58. The third-order valence-corrected chi connectivity index (χ3v) is 2.29. The number of H-pyrrole nitrogens is 1. The maximum absolute atomic E-state index is 11.5. The van der Waals surface area contributed by atoms with E-state index in [1.165, 1.54) is 7.11 Å². The summed E-state index contributed by atoms with van der Waals surface area (Å²) in [6.45, 7) is 4.33. The van der Waals surface area contributed by atoms with Crippen LogP contribution in [0.3, 0.4) is 0 Å². The van der Waals surface area contributed by atoms with E-state index in [9.17, 15) is 4.79 Å². The Kier molecular flexibility index (Phi) is 3.30. The van der Waals surface area contributed by atoms with Crippen LogP contribution in [0.15, 0.2) is 0 Å². The summed E-state index contributed by atoms with van der Waals surface area (Å²) in [6.07, 6.45) is 0.695. The molecule has 0 saturated carbocycles. The molecule has 4 heteroatoms. The molecule has 14 heavy (non-hydrogen) atoms. The van der Waals surface area contributed by atoms with Crippen LogP contribution in [0.4, 0.5) is 0 Å². The van der Waals surface area contributed by atoms with Gasteiger partial charge >= 0.3 is 5.97 Å². The first-order valence-corrected chi connectivity index (χ1v) is 4.58. The zero-order valence-corrected chi connectivity index (χ0v) is 8.81. The minimum Gasteiger partial charge on any atom is -0.465 e. The van der Waals surface area contributed by atoms with E-state index in [-0.39, 0.29) is 5.97 Å². The Hall–Kier alpha value is -1.29. The maximum atomic E-state index is 11.5. The highest BCUT2D eigenvalue weighted by Gasteiger charge is 2.18. The Morgan fingerprint density at radius 2 is 2.07 bits per heavy atom. The van der Waals surface area contributed by atoms with Crippen molar-refractivity contribution in [3.05, 3.63) is 22.5 Å². The van der Waals surface area contributed by atoms with Gasteiger partial charge in [-0.25, -0.2) is 4.79 Å². The highest BCUT2D eigenvalue weighted by atomic mass is 16.5. The standard InChI is InChI=1S/C10H16N2O2/c1-6-8(4-5-11)9(7(2)12-6)10(13)14-3/h12H,4-5,11H2,1-3H3. The fourth-order valence-corrected chi connectivity index (χ4v) is 1.67. The quantitative estimate of drug-likeness (QED) is 0.706. The molecule has 0 atom stereocenters. The molecular formula is C10H16N2O2. The summed E-state index contributed by atoms with van der Waals surface area (Å²) >= 11 is 0. The number of hydrogen-bond acceptors (Lipinski definition) is 3. The zero-order chi connectivity index (χ0) is 10.7. The number of ether oxygens (including phenoxy) is 1. The largest absolute Gasteiger partial charge is 0.465 e. The number of hydrogen-bond donors (Lipinski definition) is 2. The first-order chi connectivity index (χ1) is 6.61. The van der Waals surface area contributed by atoms with Gasteiger partial charge in [0.2, 0.25) is 0 Å². The summed E-state index contributed by atoms with van der Waals surface area (Å²) in [6, 6.07) is 0. The Morgan fingerprint density at radius 3 is 2.57 bits per heavy atom. The predicted octanol–water partition coefficient (Wildman–Crippen LogP) is 0.919. The van der Waals surface area contributed by atoms with E-state index >= 15 is 0 Å². The summed E-state index contributed by atoms with van der Waals surface area (Å²) in [5.74, 6) is -0.296. The second kappa shape index (κ2) is 4.28. The third kappa shape index (κ3) is 1.80. The summed E-state index contributed by atoms with van der Waals surface area (Å²) in [5.41, 5.74) is 8.93. The van der Waals surface area contributed by atoms with Crippen LogP contribution in [0.2, 0.25) is 0 Å². The summed E-state index contributed by atoms with van der Waals surface area (Å²) in [4.78, 5) is 14.6. The van der Waals surface area contributed by atoms with Gasteiger partial charge in [-0.1, -0.05) is 0 Å². The van der Waals surface area contributed by atoms with E-state index in [1.807, 2.05) is 13.8 Å². The Bertz CT molecular complexity index is 342. The smallest absolute Gasteiger partial charge is 0.339 e. The molecule has 0 fully saturated rings. The first kappa shape index (κ1) is 10.8. The minimum atomic E-state index is -0.296. The van der Waals surface area contributed by atoms with Crippen LogP contribution in [0.25, 0.3) is 0 Å². The second-order valence-electron chi connectivity index (χ2n) is 3.26. The lowest BCUT2D eigenvalue weighted by Crippen LogP contribution is -2.09. The molecule has 0 aromatic carbocycles.